The van der Waals surface area contributed by atoms with Crippen molar-refractivity contribution in [3.05, 3.63) is 29.8 Å². The number of sulfonamides is 1. The minimum absolute atomic E-state index is 0.129. The summed E-state index contributed by atoms with van der Waals surface area (Å²) in [7, 11) is -4.51. The molecule has 0 radical (unpaired) electrons. The number of carbonyl (C=O) groups is 1. The lowest BCUT2D eigenvalue weighted by Gasteiger charge is -2.17. The second-order valence-electron chi connectivity index (χ2n) is 4.42. The van der Waals surface area contributed by atoms with Crippen molar-refractivity contribution >= 4 is 15.9 Å². The molecule has 0 aliphatic heterocycles. The Morgan fingerprint density at radius 1 is 1.32 bits per heavy atom. The maximum absolute atomic E-state index is 12.9. The van der Waals surface area contributed by atoms with E-state index >= 15 is 0 Å². The number of amides is 1. The summed E-state index contributed by atoms with van der Waals surface area (Å²) < 4.78 is 64.6. The maximum atomic E-state index is 12.9. The minimum Gasteiger partial charge on any atom is -0.353 e. The van der Waals surface area contributed by atoms with E-state index in [1.165, 1.54) is 13.0 Å². The summed E-state index contributed by atoms with van der Waals surface area (Å²) in [5.41, 5.74) is 3.89. The lowest BCUT2D eigenvalue weighted by molar-refractivity contribution is -0.139. The molecule has 124 valence electrons. The standard InChI is InChI=1S/C12H16F3N3O3S/c1-8(11(19)17-7-6-16)18-22(20,21)10-5-3-2-4-9(10)12(13,14)15/h2-5,8,18H,6-7,16H2,1H3,(H,17,19). The molecule has 1 aromatic rings. The summed E-state index contributed by atoms with van der Waals surface area (Å²) in [6.45, 7) is 1.51. The summed E-state index contributed by atoms with van der Waals surface area (Å²) in [5, 5.41) is 2.34. The van der Waals surface area contributed by atoms with Crippen LogP contribution in [0, 0.1) is 0 Å². The van der Waals surface area contributed by atoms with Gasteiger partial charge in [-0.15, -0.1) is 0 Å². The van der Waals surface area contributed by atoms with Gasteiger partial charge in [0.2, 0.25) is 15.9 Å². The van der Waals surface area contributed by atoms with Crippen LogP contribution in [0.5, 0.6) is 0 Å². The van der Waals surface area contributed by atoms with Crippen LogP contribution in [0.3, 0.4) is 0 Å². The van der Waals surface area contributed by atoms with E-state index in [0.29, 0.717) is 6.07 Å². The molecule has 4 N–H and O–H groups in total. The molecule has 1 atom stereocenters. The van der Waals surface area contributed by atoms with Gasteiger partial charge < -0.3 is 11.1 Å². The molecule has 0 saturated carbocycles. The van der Waals surface area contributed by atoms with Gasteiger partial charge in [0.1, 0.15) is 0 Å². The van der Waals surface area contributed by atoms with Crippen LogP contribution in [-0.2, 0) is 21.0 Å². The zero-order chi connectivity index (χ0) is 17.0. The topological polar surface area (TPSA) is 101 Å². The number of hydrogen-bond donors (Lipinski definition) is 3. The van der Waals surface area contributed by atoms with Crippen LogP contribution < -0.4 is 15.8 Å². The van der Waals surface area contributed by atoms with E-state index in [2.05, 4.69) is 5.32 Å². The number of halogens is 3. The fraction of sp³-hybridized carbons (Fsp3) is 0.417. The molecule has 1 aromatic carbocycles. The van der Waals surface area contributed by atoms with Gasteiger partial charge in [0.05, 0.1) is 16.5 Å². The van der Waals surface area contributed by atoms with Crippen LogP contribution in [0.15, 0.2) is 29.2 Å². The first-order valence-corrected chi connectivity index (χ1v) is 7.74. The molecule has 0 aliphatic rings. The fourth-order valence-electron chi connectivity index (χ4n) is 1.63. The van der Waals surface area contributed by atoms with E-state index < -0.39 is 38.6 Å². The largest absolute Gasteiger partial charge is 0.417 e. The van der Waals surface area contributed by atoms with Gasteiger partial charge in [0.15, 0.2) is 0 Å². The zero-order valence-corrected chi connectivity index (χ0v) is 12.5. The molecule has 1 unspecified atom stereocenters. The summed E-state index contributed by atoms with van der Waals surface area (Å²) in [6, 6.07) is 2.50. The highest BCUT2D eigenvalue weighted by Crippen LogP contribution is 2.33. The average molecular weight is 339 g/mol. The number of nitrogens with one attached hydrogen (secondary N) is 2. The first kappa shape index (κ1) is 18.4. The fourth-order valence-corrected chi connectivity index (χ4v) is 3.06. The van der Waals surface area contributed by atoms with E-state index in [-0.39, 0.29) is 13.1 Å². The lowest BCUT2D eigenvalue weighted by atomic mass is 10.2. The number of rotatable bonds is 6. The van der Waals surface area contributed by atoms with E-state index in [1.54, 1.807) is 0 Å². The molecular formula is C12H16F3N3O3S. The number of carbonyl (C=O) groups excluding carboxylic acids is 1. The van der Waals surface area contributed by atoms with Gasteiger partial charge in [-0.2, -0.15) is 17.9 Å². The van der Waals surface area contributed by atoms with Crippen LogP contribution >= 0.6 is 0 Å². The van der Waals surface area contributed by atoms with E-state index in [4.69, 9.17) is 5.73 Å². The Bertz CT molecular complexity index is 632. The molecule has 0 heterocycles. The highest BCUT2D eigenvalue weighted by Gasteiger charge is 2.37. The average Bonchev–Trinajstić information content (AvgIpc) is 2.43. The zero-order valence-electron chi connectivity index (χ0n) is 11.6. The highest BCUT2D eigenvalue weighted by molar-refractivity contribution is 7.89. The van der Waals surface area contributed by atoms with Gasteiger partial charge in [-0.25, -0.2) is 8.42 Å². The molecule has 1 rings (SSSR count). The molecule has 22 heavy (non-hydrogen) atoms. The monoisotopic (exact) mass is 339 g/mol. The Balaban J connectivity index is 3.04. The van der Waals surface area contributed by atoms with Crippen LogP contribution in [0.4, 0.5) is 13.2 Å². The van der Waals surface area contributed by atoms with E-state index in [9.17, 15) is 26.4 Å². The van der Waals surface area contributed by atoms with Crippen molar-refractivity contribution in [1.29, 1.82) is 0 Å². The second kappa shape index (κ2) is 7.07. The van der Waals surface area contributed by atoms with Crippen molar-refractivity contribution in [3.63, 3.8) is 0 Å². The predicted octanol–water partition coefficient (Wildman–Crippen LogP) is 0.447. The van der Waals surface area contributed by atoms with Crippen molar-refractivity contribution in [3.8, 4) is 0 Å². The predicted molar refractivity (Wildman–Crippen MR) is 73.3 cm³/mol. The van der Waals surface area contributed by atoms with Crippen molar-refractivity contribution in [2.75, 3.05) is 13.1 Å². The molecule has 0 fully saturated rings. The Labute approximate surface area is 125 Å². The summed E-state index contributed by atoms with van der Waals surface area (Å²) in [4.78, 5) is 10.6. The minimum atomic E-state index is -4.82. The summed E-state index contributed by atoms with van der Waals surface area (Å²) in [6.07, 6.45) is -4.82. The number of nitrogens with two attached hydrogens (primary N) is 1. The highest BCUT2D eigenvalue weighted by atomic mass is 32.2. The SMILES string of the molecule is CC(NS(=O)(=O)c1ccccc1C(F)(F)F)C(=O)NCCN. The Morgan fingerprint density at radius 2 is 1.91 bits per heavy atom. The van der Waals surface area contributed by atoms with Crippen molar-refractivity contribution in [1.82, 2.24) is 10.0 Å². The third-order valence-corrected chi connectivity index (χ3v) is 4.25. The van der Waals surface area contributed by atoms with Gasteiger partial charge in [-0.3, -0.25) is 4.79 Å². The molecule has 0 saturated heterocycles. The van der Waals surface area contributed by atoms with E-state index in [1.807, 2.05) is 4.72 Å². The second-order valence-corrected chi connectivity index (χ2v) is 6.10. The van der Waals surface area contributed by atoms with Gasteiger partial charge in [-0.1, -0.05) is 12.1 Å². The van der Waals surface area contributed by atoms with Gasteiger partial charge >= 0.3 is 6.18 Å². The molecule has 1 amide bonds. The van der Waals surface area contributed by atoms with Crippen LogP contribution in [0.25, 0.3) is 0 Å². The van der Waals surface area contributed by atoms with E-state index in [0.717, 1.165) is 12.1 Å². The van der Waals surface area contributed by atoms with Gasteiger partial charge in [0.25, 0.3) is 0 Å². The first-order valence-electron chi connectivity index (χ1n) is 6.26. The van der Waals surface area contributed by atoms with Crippen molar-refractivity contribution < 1.29 is 26.4 Å². The maximum Gasteiger partial charge on any atom is 0.417 e. The van der Waals surface area contributed by atoms with Crippen molar-refractivity contribution in [2.24, 2.45) is 5.73 Å². The Kier molecular flexibility index (Phi) is 5.92. The van der Waals surface area contributed by atoms with Gasteiger partial charge in [0, 0.05) is 13.1 Å². The number of benzene rings is 1. The Hall–Kier alpha value is -1.65. The summed E-state index contributed by atoms with van der Waals surface area (Å²) in [5.74, 6) is -0.682. The molecule has 10 heteroatoms. The smallest absolute Gasteiger partial charge is 0.353 e. The normalized spacial score (nSPS) is 13.7. The molecule has 0 bridgehead atoms. The third kappa shape index (κ3) is 4.68. The quantitative estimate of drug-likeness (QED) is 0.700. The first-order chi connectivity index (χ1) is 10.1. The number of hydrogen-bond acceptors (Lipinski definition) is 4. The number of alkyl halides is 3. The molecule has 0 spiro atoms. The van der Waals surface area contributed by atoms with Crippen LogP contribution in [0.2, 0.25) is 0 Å². The lowest BCUT2D eigenvalue weighted by Crippen LogP contribution is -2.46. The van der Waals surface area contributed by atoms with Gasteiger partial charge in [-0.05, 0) is 19.1 Å². The van der Waals surface area contributed by atoms with Crippen molar-refractivity contribution in [2.45, 2.75) is 24.0 Å². The summed E-state index contributed by atoms with van der Waals surface area (Å²) >= 11 is 0. The van der Waals surface area contributed by atoms with Crippen LogP contribution in [0.1, 0.15) is 12.5 Å². The Morgan fingerprint density at radius 3 is 2.45 bits per heavy atom. The third-order valence-electron chi connectivity index (χ3n) is 2.65. The van der Waals surface area contributed by atoms with Crippen LogP contribution in [-0.4, -0.2) is 33.5 Å². The molecular weight excluding hydrogens is 323 g/mol. The molecule has 0 aliphatic carbocycles. The molecule has 0 aromatic heterocycles. The molecule has 6 nitrogen and oxygen atoms in total.